The number of imide groups is 1. The van der Waals surface area contributed by atoms with Crippen LogP contribution in [0.15, 0.2) is 24.3 Å². The molecule has 1 saturated heterocycles. The number of benzene rings is 1. The van der Waals surface area contributed by atoms with Crippen LogP contribution in [0.2, 0.25) is 0 Å². The maximum absolute atomic E-state index is 14.1. The summed E-state index contributed by atoms with van der Waals surface area (Å²) >= 11 is 0. The van der Waals surface area contributed by atoms with Gasteiger partial charge in [-0.2, -0.15) is 8.78 Å². The molecule has 0 radical (unpaired) electrons. The maximum atomic E-state index is 14.1. The zero-order valence-corrected chi connectivity index (χ0v) is 12.8. The van der Waals surface area contributed by atoms with Gasteiger partial charge in [0, 0.05) is 13.0 Å². The molecule has 5 nitrogen and oxygen atoms in total. The Morgan fingerprint density at radius 1 is 1.04 bits per heavy atom. The van der Waals surface area contributed by atoms with E-state index in [1.807, 2.05) is 0 Å². The van der Waals surface area contributed by atoms with Gasteiger partial charge in [-0.15, -0.1) is 0 Å². The van der Waals surface area contributed by atoms with Crippen molar-refractivity contribution in [2.75, 3.05) is 7.05 Å². The quantitative estimate of drug-likeness (QED) is 0.588. The minimum absolute atomic E-state index is 0.0331. The number of halogens is 2. The van der Waals surface area contributed by atoms with Gasteiger partial charge in [0.2, 0.25) is 5.91 Å². The highest BCUT2D eigenvalue weighted by Crippen LogP contribution is 2.37. The van der Waals surface area contributed by atoms with Gasteiger partial charge in [0.25, 0.3) is 11.8 Å². The Labute approximate surface area is 131 Å². The molecule has 2 heterocycles. The van der Waals surface area contributed by atoms with E-state index in [4.69, 9.17) is 0 Å². The number of amides is 3. The van der Waals surface area contributed by atoms with E-state index >= 15 is 0 Å². The molecule has 2 atom stereocenters. The predicted octanol–water partition coefficient (Wildman–Crippen LogP) is 2.13. The summed E-state index contributed by atoms with van der Waals surface area (Å²) in [5.74, 6) is -3.16. The average Bonchev–Trinajstić information content (AvgIpc) is 2.75. The Balaban J connectivity index is 1.98. The first-order valence-corrected chi connectivity index (χ1v) is 7.39. The van der Waals surface area contributed by atoms with Crippen molar-refractivity contribution in [2.45, 2.75) is 31.9 Å². The zero-order chi connectivity index (χ0) is 16.9. The number of carbonyl (C=O) groups is 3. The molecular formula is C16H16F2N2O3. The lowest BCUT2D eigenvalue weighted by Gasteiger charge is -2.31. The fourth-order valence-corrected chi connectivity index (χ4v) is 3.14. The molecule has 7 heteroatoms. The van der Waals surface area contributed by atoms with Gasteiger partial charge in [0.1, 0.15) is 6.04 Å². The molecule has 1 fully saturated rings. The molecule has 0 unspecified atom stereocenters. The number of likely N-dealkylation sites (N-methyl/N-ethyl adjacent to an activating group) is 1. The number of fused-ring (bicyclic) bond motifs is 1. The molecule has 122 valence electrons. The van der Waals surface area contributed by atoms with E-state index in [1.54, 1.807) is 12.1 Å². The normalized spacial score (nSPS) is 27.2. The smallest absolute Gasteiger partial charge is 0.285 e. The summed E-state index contributed by atoms with van der Waals surface area (Å²) in [5, 5.41) is 0. The van der Waals surface area contributed by atoms with Crippen LogP contribution in [0.3, 0.4) is 0 Å². The molecule has 0 aromatic heterocycles. The molecule has 1 aromatic rings. The second kappa shape index (κ2) is 5.11. The van der Waals surface area contributed by atoms with E-state index < -0.39 is 35.7 Å². The molecule has 2 aliphatic heterocycles. The van der Waals surface area contributed by atoms with E-state index in [1.165, 1.54) is 19.1 Å². The summed E-state index contributed by atoms with van der Waals surface area (Å²) < 4.78 is 28.3. The molecule has 0 bridgehead atoms. The van der Waals surface area contributed by atoms with E-state index in [0.29, 0.717) is 4.90 Å². The van der Waals surface area contributed by atoms with Crippen molar-refractivity contribution in [1.82, 2.24) is 9.80 Å². The summed E-state index contributed by atoms with van der Waals surface area (Å²) in [6.45, 7) is 1.36. The van der Waals surface area contributed by atoms with Crippen LogP contribution < -0.4 is 0 Å². The SMILES string of the molecule is C[C@@H]1CC[C@H](N2C(=O)c3ccccc3C2=O)C(=O)N(C)C1(F)F. The first kappa shape index (κ1) is 15.6. The Morgan fingerprint density at radius 3 is 2.09 bits per heavy atom. The lowest BCUT2D eigenvalue weighted by atomic mass is 10.0. The van der Waals surface area contributed by atoms with Crippen LogP contribution in [0.5, 0.6) is 0 Å². The molecular weight excluding hydrogens is 306 g/mol. The highest BCUT2D eigenvalue weighted by atomic mass is 19.3. The minimum Gasteiger partial charge on any atom is -0.285 e. The molecule has 3 amide bonds. The molecule has 2 aliphatic rings. The van der Waals surface area contributed by atoms with Gasteiger partial charge in [0.05, 0.1) is 11.1 Å². The van der Waals surface area contributed by atoms with Crippen molar-refractivity contribution >= 4 is 17.7 Å². The standard InChI is InChI=1S/C16H16F2N2O3/c1-9-7-8-12(15(23)19(2)16(9,17)18)20-13(21)10-5-3-4-6-11(10)14(20)22/h3-6,9,12H,7-8H2,1-2H3/t9-,12+/m1/s1. The highest BCUT2D eigenvalue weighted by molar-refractivity contribution is 6.22. The summed E-state index contributed by atoms with van der Waals surface area (Å²) in [7, 11) is 1.01. The van der Waals surface area contributed by atoms with Crippen molar-refractivity contribution < 1.29 is 23.2 Å². The summed E-state index contributed by atoms with van der Waals surface area (Å²) in [4.78, 5) is 38.5. The first-order chi connectivity index (χ1) is 10.8. The van der Waals surface area contributed by atoms with Crippen molar-refractivity contribution in [3.63, 3.8) is 0 Å². The highest BCUT2D eigenvalue weighted by Gasteiger charge is 2.52. The lowest BCUT2D eigenvalue weighted by molar-refractivity contribution is -0.184. The average molecular weight is 322 g/mol. The molecule has 23 heavy (non-hydrogen) atoms. The fraction of sp³-hybridized carbons (Fsp3) is 0.438. The number of rotatable bonds is 1. The van der Waals surface area contributed by atoms with Gasteiger partial charge < -0.3 is 0 Å². The van der Waals surface area contributed by atoms with Gasteiger partial charge in [-0.25, -0.2) is 0 Å². The largest absolute Gasteiger partial charge is 0.330 e. The Hall–Kier alpha value is -2.31. The molecule has 1 aromatic carbocycles. The third kappa shape index (κ3) is 2.14. The molecule has 3 rings (SSSR count). The van der Waals surface area contributed by atoms with Gasteiger partial charge in [-0.1, -0.05) is 19.1 Å². The second-order valence-electron chi connectivity index (χ2n) is 6.01. The number of likely N-dealkylation sites (tertiary alicyclic amines) is 1. The third-order valence-electron chi connectivity index (χ3n) is 4.67. The fourth-order valence-electron chi connectivity index (χ4n) is 3.14. The Bertz CT molecular complexity index is 669. The van der Waals surface area contributed by atoms with Gasteiger partial charge in [-0.05, 0) is 25.0 Å². The Kier molecular flexibility index (Phi) is 3.46. The zero-order valence-electron chi connectivity index (χ0n) is 12.8. The van der Waals surface area contributed by atoms with Crippen molar-refractivity contribution in [2.24, 2.45) is 5.92 Å². The Morgan fingerprint density at radius 2 is 1.57 bits per heavy atom. The van der Waals surface area contributed by atoms with Crippen molar-refractivity contribution in [3.8, 4) is 0 Å². The molecule has 0 spiro atoms. The van der Waals surface area contributed by atoms with Crippen LogP contribution in [0.1, 0.15) is 40.5 Å². The van der Waals surface area contributed by atoms with Crippen molar-refractivity contribution in [3.05, 3.63) is 35.4 Å². The van der Waals surface area contributed by atoms with Gasteiger partial charge >= 0.3 is 6.05 Å². The number of nitrogens with zero attached hydrogens (tertiary/aromatic N) is 2. The monoisotopic (exact) mass is 322 g/mol. The van der Waals surface area contributed by atoms with Gasteiger partial charge in [-0.3, -0.25) is 24.2 Å². The van der Waals surface area contributed by atoms with E-state index in [-0.39, 0.29) is 24.0 Å². The second-order valence-corrected chi connectivity index (χ2v) is 6.01. The number of hydrogen-bond donors (Lipinski definition) is 0. The number of alkyl halides is 2. The predicted molar refractivity (Wildman–Crippen MR) is 76.8 cm³/mol. The van der Waals surface area contributed by atoms with Crippen LogP contribution in [0.4, 0.5) is 8.78 Å². The van der Waals surface area contributed by atoms with Crippen LogP contribution in [-0.2, 0) is 4.79 Å². The van der Waals surface area contributed by atoms with Crippen LogP contribution in [-0.4, -0.2) is 46.7 Å². The molecule has 0 saturated carbocycles. The first-order valence-electron chi connectivity index (χ1n) is 7.39. The molecule has 0 N–H and O–H groups in total. The molecule has 0 aliphatic carbocycles. The van der Waals surface area contributed by atoms with Crippen LogP contribution in [0.25, 0.3) is 0 Å². The number of hydrogen-bond acceptors (Lipinski definition) is 3. The van der Waals surface area contributed by atoms with E-state index in [0.717, 1.165) is 11.9 Å². The lowest BCUT2D eigenvalue weighted by Crippen LogP contribution is -2.53. The summed E-state index contributed by atoms with van der Waals surface area (Å²) in [6, 6.07) is 1.73. The van der Waals surface area contributed by atoms with Gasteiger partial charge in [0.15, 0.2) is 0 Å². The van der Waals surface area contributed by atoms with E-state index in [2.05, 4.69) is 0 Å². The third-order valence-corrected chi connectivity index (χ3v) is 4.67. The number of carbonyl (C=O) groups excluding carboxylic acids is 3. The van der Waals surface area contributed by atoms with Crippen molar-refractivity contribution in [1.29, 1.82) is 0 Å². The van der Waals surface area contributed by atoms with E-state index in [9.17, 15) is 23.2 Å². The summed E-state index contributed by atoms with van der Waals surface area (Å²) in [6.07, 6.45) is 0.0759. The van der Waals surface area contributed by atoms with Crippen LogP contribution in [0, 0.1) is 5.92 Å². The van der Waals surface area contributed by atoms with Crippen LogP contribution >= 0.6 is 0 Å². The summed E-state index contributed by atoms with van der Waals surface area (Å²) in [5.41, 5.74) is 0.411. The maximum Gasteiger partial charge on any atom is 0.330 e. The minimum atomic E-state index is -3.30. The topological polar surface area (TPSA) is 57.7 Å².